The van der Waals surface area contributed by atoms with Crippen LogP contribution in [-0.4, -0.2) is 10.9 Å². The highest BCUT2D eigenvalue weighted by molar-refractivity contribution is 5.92. The van der Waals surface area contributed by atoms with Crippen LogP contribution in [0.2, 0.25) is 0 Å². The Labute approximate surface area is 111 Å². The van der Waals surface area contributed by atoms with E-state index in [4.69, 9.17) is 16.2 Å². The molecule has 1 unspecified atom stereocenters. The van der Waals surface area contributed by atoms with E-state index < -0.39 is 5.91 Å². The van der Waals surface area contributed by atoms with Gasteiger partial charge in [-0.05, 0) is 36.8 Å². The molecule has 19 heavy (non-hydrogen) atoms. The lowest BCUT2D eigenvalue weighted by molar-refractivity contribution is 0.100. The minimum Gasteiger partial charge on any atom is -0.439 e. The van der Waals surface area contributed by atoms with Crippen LogP contribution in [0.25, 0.3) is 0 Å². The minimum absolute atomic E-state index is 0.0589. The highest BCUT2D eigenvalue weighted by Gasteiger charge is 2.04. The fourth-order valence-corrected chi connectivity index (χ4v) is 1.53. The molecule has 1 aromatic carbocycles. The molecule has 1 aromatic heterocycles. The van der Waals surface area contributed by atoms with Gasteiger partial charge in [-0.2, -0.15) is 0 Å². The lowest BCUT2D eigenvalue weighted by atomic mass is 10.2. The SMILES string of the molecule is CC(N)c1ccc(Oc2ccc(C(N)=O)cc2)nc1. The maximum atomic E-state index is 10.9. The molecule has 0 aliphatic heterocycles. The number of nitrogens with two attached hydrogens (primary N) is 2. The van der Waals surface area contributed by atoms with Crippen molar-refractivity contribution in [3.63, 3.8) is 0 Å². The van der Waals surface area contributed by atoms with Gasteiger partial charge in [0.15, 0.2) is 0 Å². The largest absolute Gasteiger partial charge is 0.439 e. The molecule has 2 aromatic rings. The average molecular weight is 257 g/mol. The molecule has 0 bridgehead atoms. The van der Waals surface area contributed by atoms with E-state index in [-0.39, 0.29) is 6.04 Å². The minimum atomic E-state index is -0.467. The fraction of sp³-hybridized carbons (Fsp3) is 0.143. The van der Waals surface area contributed by atoms with Gasteiger partial charge in [-0.1, -0.05) is 6.07 Å². The molecule has 1 atom stereocenters. The lowest BCUT2D eigenvalue weighted by Crippen LogP contribution is -2.10. The molecule has 2 rings (SSSR count). The van der Waals surface area contributed by atoms with E-state index in [0.29, 0.717) is 17.2 Å². The van der Waals surface area contributed by atoms with Crippen LogP contribution in [0.4, 0.5) is 0 Å². The lowest BCUT2D eigenvalue weighted by Gasteiger charge is -2.07. The summed E-state index contributed by atoms with van der Waals surface area (Å²) in [6, 6.07) is 10.1. The molecule has 5 heteroatoms. The maximum Gasteiger partial charge on any atom is 0.248 e. The summed E-state index contributed by atoms with van der Waals surface area (Å²) in [5, 5.41) is 0. The summed E-state index contributed by atoms with van der Waals surface area (Å²) in [4.78, 5) is 15.1. The average Bonchev–Trinajstić information content (AvgIpc) is 2.40. The van der Waals surface area contributed by atoms with Gasteiger partial charge >= 0.3 is 0 Å². The first-order valence-corrected chi connectivity index (χ1v) is 5.85. The zero-order chi connectivity index (χ0) is 13.8. The van der Waals surface area contributed by atoms with Gasteiger partial charge < -0.3 is 16.2 Å². The first-order valence-electron chi connectivity index (χ1n) is 5.85. The van der Waals surface area contributed by atoms with E-state index in [9.17, 15) is 4.79 Å². The van der Waals surface area contributed by atoms with Crippen LogP contribution in [0.1, 0.15) is 28.9 Å². The van der Waals surface area contributed by atoms with Crippen LogP contribution in [0.3, 0.4) is 0 Å². The fourth-order valence-electron chi connectivity index (χ4n) is 1.53. The second-order valence-corrected chi connectivity index (χ2v) is 4.21. The number of carbonyl (C=O) groups is 1. The van der Waals surface area contributed by atoms with E-state index in [1.165, 1.54) is 0 Å². The Morgan fingerprint density at radius 3 is 2.37 bits per heavy atom. The third-order valence-electron chi connectivity index (χ3n) is 2.65. The van der Waals surface area contributed by atoms with Crippen LogP contribution in [0, 0.1) is 0 Å². The first-order chi connectivity index (χ1) is 9.06. The predicted octanol–water partition coefficient (Wildman–Crippen LogP) is 1.99. The van der Waals surface area contributed by atoms with Crippen molar-refractivity contribution in [2.75, 3.05) is 0 Å². The second-order valence-electron chi connectivity index (χ2n) is 4.21. The van der Waals surface area contributed by atoms with Gasteiger partial charge in [-0.3, -0.25) is 4.79 Å². The summed E-state index contributed by atoms with van der Waals surface area (Å²) in [6.45, 7) is 1.89. The number of hydrogen-bond acceptors (Lipinski definition) is 4. The molecule has 0 radical (unpaired) electrons. The predicted molar refractivity (Wildman–Crippen MR) is 71.9 cm³/mol. The second kappa shape index (κ2) is 5.49. The topological polar surface area (TPSA) is 91.2 Å². The van der Waals surface area contributed by atoms with Crippen molar-refractivity contribution in [2.24, 2.45) is 11.5 Å². The van der Waals surface area contributed by atoms with Gasteiger partial charge in [-0.15, -0.1) is 0 Å². The summed E-state index contributed by atoms with van der Waals surface area (Å²) < 4.78 is 5.54. The molecule has 5 nitrogen and oxygen atoms in total. The molecule has 0 saturated carbocycles. The van der Waals surface area contributed by atoms with Crippen molar-refractivity contribution in [1.29, 1.82) is 0 Å². The van der Waals surface area contributed by atoms with E-state index in [0.717, 1.165) is 5.56 Å². The van der Waals surface area contributed by atoms with Gasteiger partial charge in [0.25, 0.3) is 0 Å². The molecule has 0 spiro atoms. The number of benzene rings is 1. The Bertz CT molecular complexity index is 562. The zero-order valence-corrected chi connectivity index (χ0v) is 10.5. The number of carbonyl (C=O) groups excluding carboxylic acids is 1. The van der Waals surface area contributed by atoms with Crippen molar-refractivity contribution in [3.8, 4) is 11.6 Å². The number of nitrogens with zero attached hydrogens (tertiary/aromatic N) is 1. The Balaban J connectivity index is 2.10. The Morgan fingerprint density at radius 1 is 1.21 bits per heavy atom. The number of amides is 1. The third kappa shape index (κ3) is 3.29. The monoisotopic (exact) mass is 257 g/mol. The van der Waals surface area contributed by atoms with Gasteiger partial charge in [0.05, 0.1) is 0 Å². The number of ether oxygens (including phenoxy) is 1. The molecule has 1 amide bonds. The van der Waals surface area contributed by atoms with Crippen molar-refractivity contribution < 1.29 is 9.53 Å². The molecule has 4 N–H and O–H groups in total. The molecule has 98 valence electrons. The van der Waals surface area contributed by atoms with Crippen LogP contribution in [0.15, 0.2) is 42.6 Å². The van der Waals surface area contributed by atoms with Crippen molar-refractivity contribution in [3.05, 3.63) is 53.7 Å². The molecule has 0 saturated heterocycles. The highest BCUT2D eigenvalue weighted by Crippen LogP contribution is 2.20. The summed E-state index contributed by atoms with van der Waals surface area (Å²) >= 11 is 0. The molecule has 0 aliphatic rings. The third-order valence-corrected chi connectivity index (χ3v) is 2.65. The first kappa shape index (κ1) is 13.0. The van der Waals surface area contributed by atoms with Crippen molar-refractivity contribution in [2.45, 2.75) is 13.0 Å². The van der Waals surface area contributed by atoms with Gasteiger partial charge in [0, 0.05) is 23.9 Å². The summed E-state index contributed by atoms with van der Waals surface area (Å²) in [5.41, 5.74) is 12.3. The van der Waals surface area contributed by atoms with Crippen LogP contribution in [-0.2, 0) is 0 Å². The molecular formula is C14H15N3O2. The van der Waals surface area contributed by atoms with Crippen LogP contribution in [0.5, 0.6) is 11.6 Å². The molecule has 0 aliphatic carbocycles. The Morgan fingerprint density at radius 2 is 1.89 bits per heavy atom. The van der Waals surface area contributed by atoms with Crippen LogP contribution >= 0.6 is 0 Å². The summed E-state index contributed by atoms with van der Waals surface area (Å²) in [6.07, 6.45) is 1.68. The van der Waals surface area contributed by atoms with E-state index in [1.807, 2.05) is 13.0 Å². The Hall–Kier alpha value is -2.40. The highest BCUT2D eigenvalue weighted by atomic mass is 16.5. The molecule has 1 heterocycles. The van der Waals surface area contributed by atoms with E-state index in [2.05, 4.69) is 4.98 Å². The van der Waals surface area contributed by atoms with Crippen molar-refractivity contribution >= 4 is 5.91 Å². The standard InChI is InChI=1S/C14H15N3O2/c1-9(15)11-4-7-13(17-8-11)19-12-5-2-10(3-6-12)14(16)18/h2-9H,15H2,1H3,(H2,16,18). The van der Waals surface area contributed by atoms with Crippen LogP contribution < -0.4 is 16.2 Å². The number of hydrogen-bond donors (Lipinski definition) is 2. The molecule has 0 fully saturated rings. The zero-order valence-electron chi connectivity index (χ0n) is 10.5. The maximum absolute atomic E-state index is 10.9. The van der Waals surface area contributed by atoms with Gasteiger partial charge in [0.2, 0.25) is 11.8 Å². The number of rotatable bonds is 4. The number of primary amides is 1. The Kier molecular flexibility index (Phi) is 3.77. The quantitative estimate of drug-likeness (QED) is 0.876. The van der Waals surface area contributed by atoms with Gasteiger partial charge in [0.1, 0.15) is 5.75 Å². The molecular weight excluding hydrogens is 242 g/mol. The van der Waals surface area contributed by atoms with E-state index in [1.54, 1.807) is 36.5 Å². The number of pyridine rings is 1. The van der Waals surface area contributed by atoms with Crippen molar-refractivity contribution in [1.82, 2.24) is 4.98 Å². The van der Waals surface area contributed by atoms with E-state index >= 15 is 0 Å². The van der Waals surface area contributed by atoms with Gasteiger partial charge in [-0.25, -0.2) is 4.98 Å². The summed E-state index contributed by atoms with van der Waals surface area (Å²) in [5.74, 6) is 0.591. The smallest absolute Gasteiger partial charge is 0.248 e. The normalized spacial score (nSPS) is 11.9. The summed E-state index contributed by atoms with van der Waals surface area (Å²) in [7, 11) is 0. The number of aromatic nitrogens is 1.